The third kappa shape index (κ3) is 45.2. The predicted octanol–water partition coefficient (Wildman–Crippen LogP) is -2.44. The van der Waals surface area contributed by atoms with Crippen molar-refractivity contribution in [2.45, 2.75) is 40.7 Å². The molecule has 10 nitrogen and oxygen atoms in total. The van der Waals surface area contributed by atoms with Gasteiger partial charge in [0.2, 0.25) is 0 Å². The van der Waals surface area contributed by atoms with E-state index in [1.807, 2.05) is 0 Å². The molecule has 0 bridgehead atoms. The summed E-state index contributed by atoms with van der Waals surface area (Å²) < 4.78 is 14.0. The maximum Gasteiger partial charge on any atom is 0.303 e. The van der Waals surface area contributed by atoms with Crippen molar-refractivity contribution < 1.29 is 48.4 Å². The normalized spacial score (nSPS) is 8.43. The van der Waals surface area contributed by atoms with E-state index in [2.05, 4.69) is 9.47 Å². The van der Waals surface area contributed by atoms with Crippen molar-refractivity contribution >= 4 is 29.8 Å². The number of aliphatic carboxylic acids is 2. The van der Waals surface area contributed by atoms with Gasteiger partial charge in [0.15, 0.2) is 6.10 Å². The first-order valence-corrected chi connectivity index (χ1v) is 6.17. The molecule has 0 atom stereocenters. The van der Waals surface area contributed by atoms with Crippen molar-refractivity contribution in [2.24, 2.45) is 0 Å². The molecule has 0 N–H and O–H groups in total. The Morgan fingerprint density at radius 1 is 0.696 bits per heavy atom. The van der Waals surface area contributed by atoms with Crippen LogP contribution in [0.3, 0.4) is 0 Å². The molecule has 0 saturated carbocycles. The Labute approximate surface area is 133 Å². The monoisotopic (exact) mass is 336 g/mol. The highest BCUT2D eigenvalue weighted by molar-refractivity contribution is 5.67. The van der Waals surface area contributed by atoms with Gasteiger partial charge in [-0.05, 0) is 13.8 Å². The second-order valence-corrected chi connectivity index (χ2v) is 3.82. The topological polar surface area (TPSA) is 159 Å². The summed E-state index contributed by atoms with van der Waals surface area (Å²) in [6.45, 7) is 5.38. The second-order valence-electron chi connectivity index (χ2n) is 3.82. The number of rotatable bonds is 5. The lowest BCUT2D eigenvalue weighted by molar-refractivity contribution is -0.303. The minimum atomic E-state index is -1.08. The third-order valence-corrected chi connectivity index (χ3v) is 1.28. The van der Waals surface area contributed by atoms with E-state index in [0.29, 0.717) is 0 Å². The fourth-order valence-electron chi connectivity index (χ4n) is 0.771. The van der Waals surface area contributed by atoms with Crippen LogP contribution in [0.2, 0.25) is 0 Å². The summed E-state index contributed by atoms with van der Waals surface area (Å²) in [7, 11) is 0. The van der Waals surface area contributed by atoms with Crippen LogP contribution in [-0.2, 0) is 38.2 Å². The van der Waals surface area contributed by atoms with Gasteiger partial charge in [0.05, 0.1) is 0 Å². The lowest BCUT2D eigenvalue weighted by Crippen LogP contribution is -2.29. The molecule has 10 heteroatoms. The van der Waals surface area contributed by atoms with Gasteiger partial charge in [-0.1, -0.05) is 0 Å². The number of hydrogen-bond acceptors (Lipinski definition) is 10. The van der Waals surface area contributed by atoms with Gasteiger partial charge >= 0.3 is 17.9 Å². The van der Waals surface area contributed by atoms with Gasteiger partial charge in [-0.2, -0.15) is 0 Å². The molecule has 0 saturated heterocycles. The molecule has 23 heavy (non-hydrogen) atoms. The molecule has 0 heterocycles. The van der Waals surface area contributed by atoms with Crippen LogP contribution in [0, 0.1) is 0 Å². The van der Waals surface area contributed by atoms with Crippen LogP contribution in [0.5, 0.6) is 0 Å². The van der Waals surface area contributed by atoms with Gasteiger partial charge in [0, 0.05) is 32.7 Å². The van der Waals surface area contributed by atoms with E-state index in [0.717, 1.165) is 13.8 Å². The Bertz CT molecular complexity index is 364. The molecule has 0 amide bonds. The summed E-state index contributed by atoms with van der Waals surface area (Å²) in [6.07, 6.45) is -0.754. The summed E-state index contributed by atoms with van der Waals surface area (Å²) in [6, 6.07) is 0. The summed E-state index contributed by atoms with van der Waals surface area (Å²) in [5.74, 6) is -3.68. The van der Waals surface area contributed by atoms with Crippen LogP contribution in [-0.4, -0.2) is 49.2 Å². The molecule has 0 aliphatic heterocycles. The first-order chi connectivity index (χ1) is 10.4. The first-order valence-electron chi connectivity index (χ1n) is 6.17. The number of esters is 3. The summed E-state index contributed by atoms with van der Waals surface area (Å²) in [5.41, 5.74) is 0. The van der Waals surface area contributed by atoms with Crippen molar-refractivity contribution in [1.82, 2.24) is 0 Å². The maximum absolute atomic E-state index is 10.6. The average molecular weight is 336 g/mol. The van der Waals surface area contributed by atoms with Crippen molar-refractivity contribution in [1.29, 1.82) is 0 Å². The minimum absolute atomic E-state index is 0.123. The highest BCUT2D eigenvalue weighted by Gasteiger charge is 2.15. The summed E-state index contributed by atoms with van der Waals surface area (Å²) in [4.78, 5) is 49.4. The number of carbonyl (C=O) groups excluding carboxylic acids is 5. The smallest absolute Gasteiger partial charge is 0.303 e. The van der Waals surface area contributed by atoms with Crippen LogP contribution in [0.1, 0.15) is 34.6 Å². The molecule has 134 valence electrons. The number of ether oxygens (including phenoxy) is 3. The Morgan fingerprint density at radius 2 is 0.957 bits per heavy atom. The van der Waals surface area contributed by atoms with E-state index in [-0.39, 0.29) is 13.2 Å². The van der Waals surface area contributed by atoms with Crippen molar-refractivity contribution in [3.05, 3.63) is 0 Å². The predicted molar refractivity (Wildman–Crippen MR) is 70.2 cm³/mol. The van der Waals surface area contributed by atoms with E-state index in [4.69, 9.17) is 24.5 Å². The minimum Gasteiger partial charge on any atom is -0.550 e. The molecule has 0 aromatic heterocycles. The zero-order valence-electron chi connectivity index (χ0n) is 13.6. The van der Waals surface area contributed by atoms with Gasteiger partial charge in [0.1, 0.15) is 13.2 Å². The van der Waals surface area contributed by atoms with E-state index >= 15 is 0 Å². The maximum atomic E-state index is 10.6. The van der Waals surface area contributed by atoms with E-state index in [1.165, 1.54) is 20.8 Å². The molecule has 0 unspecified atom stereocenters. The van der Waals surface area contributed by atoms with Crippen LogP contribution in [0.4, 0.5) is 0 Å². The SMILES string of the molecule is CC(=O)OCC(COC(C)=O)OC(C)=O.CC(=O)[O-].CC(=O)[O-]. The standard InChI is InChI=1S/C9H14O6.2C2H4O2/c1-6(10)13-4-9(15-8(3)12)5-14-7(2)11;2*1-2(3)4/h9H,4-5H2,1-3H3;2*1H3,(H,3,4)/p-2. The molecular formula is C13H20O10-2. The lowest BCUT2D eigenvalue weighted by atomic mass is 10.4. The largest absolute Gasteiger partial charge is 0.550 e. The molecular weight excluding hydrogens is 316 g/mol. The van der Waals surface area contributed by atoms with E-state index in [9.17, 15) is 14.4 Å². The van der Waals surface area contributed by atoms with Crippen LogP contribution >= 0.6 is 0 Å². The zero-order valence-corrected chi connectivity index (χ0v) is 13.6. The number of carboxylic acid groups (broad SMARTS) is 2. The summed E-state index contributed by atoms with van der Waals surface area (Å²) in [5, 5.41) is 17.8. The molecule has 0 aromatic carbocycles. The summed E-state index contributed by atoms with van der Waals surface area (Å²) >= 11 is 0. The Balaban J connectivity index is -0.000000413. The molecule has 0 fully saturated rings. The molecule has 0 aromatic rings. The highest BCUT2D eigenvalue weighted by atomic mass is 16.6. The van der Waals surface area contributed by atoms with Crippen LogP contribution < -0.4 is 10.2 Å². The first kappa shape index (κ1) is 25.3. The number of carboxylic acids is 2. The van der Waals surface area contributed by atoms with Crippen molar-refractivity contribution in [2.75, 3.05) is 13.2 Å². The quantitative estimate of drug-likeness (QED) is 0.389. The van der Waals surface area contributed by atoms with Crippen molar-refractivity contribution in [3.63, 3.8) is 0 Å². The van der Waals surface area contributed by atoms with E-state index in [1.54, 1.807) is 0 Å². The van der Waals surface area contributed by atoms with Gasteiger partial charge in [-0.25, -0.2) is 0 Å². The third-order valence-electron chi connectivity index (χ3n) is 1.28. The molecule has 0 aliphatic carbocycles. The van der Waals surface area contributed by atoms with Gasteiger partial charge < -0.3 is 34.0 Å². The highest BCUT2D eigenvalue weighted by Crippen LogP contribution is 1.97. The van der Waals surface area contributed by atoms with E-state index < -0.39 is 36.0 Å². The molecule has 0 rings (SSSR count). The molecule has 0 radical (unpaired) electrons. The molecule has 0 spiro atoms. The fourth-order valence-corrected chi connectivity index (χ4v) is 0.771. The van der Waals surface area contributed by atoms with Crippen LogP contribution in [0.25, 0.3) is 0 Å². The Hall–Kier alpha value is -2.65. The van der Waals surface area contributed by atoms with Crippen LogP contribution in [0.15, 0.2) is 0 Å². The zero-order chi connectivity index (χ0) is 19.0. The second kappa shape index (κ2) is 15.7. The van der Waals surface area contributed by atoms with Gasteiger partial charge in [-0.15, -0.1) is 0 Å². The fraction of sp³-hybridized carbons (Fsp3) is 0.615. The van der Waals surface area contributed by atoms with Crippen molar-refractivity contribution in [3.8, 4) is 0 Å². The number of hydrogen-bond donors (Lipinski definition) is 0. The van der Waals surface area contributed by atoms with Gasteiger partial charge in [-0.3, -0.25) is 14.4 Å². The Morgan fingerprint density at radius 3 is 1.13 bits per heavy atom. The molecule has 0 aliphatic rings. The van der Waals surface area contributed by atoms with Gasteiger partial charge in [0.25, 0.3) is 0 Å². The Kier molecular flexibility index (Phi) is 17.3. The average Bonchev–Trinajstić information content (AvgIpc) is 2.30. The number of carbonyl (C=O) groups is 5. The lowest BCUT2D eigenvalue weighted by Gasteiger charge is -2.15.